The van der Waals surface area contributed by atoms with Crippen LogP contribution < -0.4 is 9.47 Å². The van der Waals surface area contributed by atoms with Crippen LogP contribution in [0.25, 0.3) is 0 Å². The highest BCUT2D eigenvalue weighted by molar-refractivity contribution is 7.99. The van der Waals surface area contributed by atoms with Gasteiger partial charge in [0.25, 0.3) is 0 Å². The van der Waals surface area contributed by atoms with Crippen LogP contribution in [0.5, 0.6) is 11.5 Å². The molecule has 5 nitrogen and oxygen atoms in total. The minimum Gasteiger partial charge on any atom is -0.494 e. The van der Waals surface area contributed by atoms with Crippen LogP contribution in [0.2, 0.25) is 0 Å². The second-order valence-corrected chi connectivity index (χ2v) is 6.36. The van der Waals surface area contributed by atoms with Gasteiger partial charge in [0.05, 0.1) is 13.2 Å². The molecule has 0 amide bonds. The number of hydrogen-bond acceptors (Lipinski definition) is 5. The van der Waals surface area contributed by atoms with Crippen molar-refractivity contribution in [2.45, 2.75) is 37.3 Å². The molecular formula is C16H21N3O2S. The van der Waals surface area contributed by atoms with E-state index in [0.717, 1.165) is 41.3 Å². The third-order valence-electron chi connectivity index (χ3n) is 3.33. The summed E-state index contributed by atoms with van der Waals surface area (Å²) in [5.41, 5.74) is 0. The second-order valence-electron chi connectivity index (χ2n) is 5.29. The zero-order valence-electron chi connectivity index (χ0n) is 12.7. The minimum atomic E-state index is 0.617. The van der Waals surface area contributed by atoms with E-state index in [1.165, 1.54) is 12.8 Å². The first-order valence-electron chi connectivity index (χ1n) is 7.76. The highest BCUT2D eigenvalue weighted by Gasteiger charge is 2.27. The standard InChI is InChI=1S/C16H21N3O2S/c1-2-9-20-13-5-7-14(8-6-13)21-10-11-22-16-17-15(18-19-16)12-3-4-12/h5-8,12H,2-4,9-11H2,1H3,(H,17,18,19). The van der Waals surface area contributed by atoms with Gasteiger partial charge in [-0.1, -0.05) is 18.7 Å². The molecule has 1 heterocycles. The van der Waals surface area contributed by atoms with Gasteiger partial charge in [0, 0.05) is 11.7 Å². The molecule has 2 aromatic rings. The molecule has 1 fully saturated rings. The Hall–Kier alpha value is -1.69. The third-order valence-corrected chi connectivity index (χ3v) is 4.14. The molecule has 0 bridgehead atoms. The zero-order valence-corrected chi connectivity index (χ0v) is 13.6. The Morgan fingerprint density at radius 3 is 2.45 bits per heavy atom. The van der Waals surface area contributed by atoms with Gasteiger partial charge in [0.2, 0.25) is 5.16 Å². The van der Waals surface area contributed by atoms with E-state index >= 15 is 0 Å². The van der Waals surface area contributed by atoms with Crippen molar-refractivity contribution in [1.29, 1.82) is 0 Å². The molecule has 3 rings (SSSR count). The largest absolute Gasteiger partial charge is 0.494 e. The fourth-order valence-corrected chi connectivity index (χ4v) is 2.63. The Labute approximate surface area is 134 Å². The van der Waals surface area contributed by atoms with Crippen molar-refractivity contribution >= 4 is 11.8 Å². The van der Waals surface area contributed by atoms with Crippen LogP contribution in [0.15, 0.2) is 29.4 Å². The molecule has 1 aliphatic carbocycles. The van der Waals surface area contributed by atoms with Gasteiger partial charge in [0.15, 0.2) is 0 Å². The quantitative estimate of drug-likeness (QED) is 0.565. The predicted molar refractivity (Wildman–Crippen MR) is 86.8 cm³/mol. The molecule has 22 heavy (non-hydrogen) atoms. The number of thioether (sulfide) groups is 1. The van der Waals surface area contributed by atoms with Gasteiger partial charge in [-0.25, -0.2) is 4.98 Å². The maximum absolute atomic E-state index is 5.71. The Balaban J connectivity index is 1.36. The van der Waals surface area contributed by atoms with Gasteiger partial charge >= 0.3 is 0 Å². The topological polar surface area (TPSA) is 60.0 Å². The zero-order chi connectivity index (χ0) is 15.2. The van der Waals surface area contributed by atoms with Crippen LogP contribution in [-0.2, 0) is 0 Å². The van der Waals surface area contributed by atoms with Crippen molar-refractivity contribution < 1.29 is 9.47 Å². The van der Waals surface area contributed by atoms with Crippen LogP contribution in [0.1, 0.15) is 37.9 Å². The number of H-pyrrole nitrogens is 1. The first-order chi connectivity index (χ1) is 10.8. The number of benzene rings is 1. The number of rotatable bonds is 9. The molecule has 1 aliphatic rings. The lowest BCUT2D eigenvalue weighted by Gasteiger charge is -2.07. The van der Waals surface area contributed by atoms with Crippen molar-refractivity contribution in [3.8, 4) is 11.5 Å². The summed E-state index contributed by atoms with van der Waals surface area (Å²) in [5.74, 6) is 4.23. The highest BCUT2D eigenvalue weighted by atomic mass is 32.2. The number of ether oxygens (including phenoxy) is 2. The van der Waals surface area contributed by atoms with Crippen molar-refractivity contribution in [2.24, 2.45) is 0 Å². The summed E-state index contributed by atoms with van der Waals surface area (Å²) in [6.07, 6.45) is 3.49. The molecular weight excluding hydrogens is 298 g/mol. The van der Waals surface area contributed by atoms with E-state index in [-0.39, 0.29) is 0 Å². The summed E-state index contributed by atoms with van der Waals surface area (Å²) < 4.78 is 11.3. The minimum absolute atomic E-state index is 0.617. The van der Waals surface area contributed by atoms with E-state index in [0.29, 0.717) is 12.5 Å². The number of nitrogens with zero attached hydrogens (tertiary/aromatic N) is 2. The molecule has 118 valence electrons. The maximum atomic E-state index is 5.71. The third kappa shape index (κ3) is 4.40. The SMILES string of the molecule is CCCOc1ccc(OCCSc2n[nH]c(C3CC3)n2)cc1. The molecule has 1 aromatic heterocycles. The lowest BCUT2D eigenvalue weighted by molar-refractivity contribution is 0.314. The molecule has 0 unspecified atom stereocenters. The average molecular weight is 319 g/mol. The lowest BCUT2D eigenvalue weighted by Crippen LogP contribution is -2.00. The van der Waals surface area contributed by atoms with E-state index in [1.54, 1.807) is 11.8 Å². The van der Waals surface area contributed by atoms with Crippen molar-refractivity contribution in [2.75, 3.05) is 19.0 Å². The second kappa shape index (κ2) is 7.54. The summed E-state index contributed by atoms with van der Waals surface area (Å²) in [5, 5.41) is 8.04. The number of aromatic amines is 1. The highest BCUT2D eigenvalue weighted by Crippen LogP contribution is 2.38. The summed E-state index contributed by atoms with van der Waals surface area (Å²) in [7, 11) is 0. The Morgan fingerprint density at radius 1 is 1.14 bits per heavy atom. The summed E-state index contributed by atoms with van der Waals surface area (Å²) in [6.45, 7) is 3.47. The molecule has 6 heteroatoms. The number of aromatic nitrogens is 3. The molecule has 1 N–H and O–H groups in total. The van der Waals surface area contributed by atoms with Gasteiger partial charge in [0.1, 0.15) is 17.3 Å². The van der Waals surface area contributed by atoms with Crippen LogP contribution in [-0.4, -0.2) is 34.1 Å². The van der Waals surface area contributed by atoms with Crippen LogP contribution in [0.3, 0.4) is 0 Å². The van der Waals surface area contributed by atoms with Crippen molar-refractivity contribution in [3.05, 3.63) is 30.1 Å². The van der Waals surface area contributed by atoms with E-state index < -0.39 is 0 Å². The number of hydrogen-bond donors (Lipinski definition) is 1. The number of nitrogens with one attached hydrogen (secondary N) is 1. The molecule has 1 aromatic carbocycles. The van der Waals surface area contributed by atoms with Crippen LogP contribution in [0, 0.1) is 0 Å². The van der Waals surface area contributed by atoms with Crippen LogP contribution >= 0.6 is 11.8 Å². The fourth-order valence-electron chi connectivity index (χ4n) is 2.01. The van der Waals surface area contributed by atoms with E-state index in [2.05, 4.69) is 22.1 Å². The van der Waals surface area contributed by atoms with E-state index in [1.807, 2.05) is 24.3 Å². The lowest BCUT2D eigenvalue weighted by atomic mass is 10.3. The molecule has 0 radical (unpaired) electrons. The molecule has 0 saturated heterocycles. The van der Waals surface area contributed by atoms with Crippen molar-refractivity contribution in [3.63, 3.8) is 0 Å². The maximum Gasteiger partial charge on any atom is 0.208 e. The fraction of sp³-hybridized carbons (Fsp3) is 0.500. The average Bonchev–Trinajstić information content (AvgIpc) is 3.30. The Bertz CT molecular complexity index is 581. The molecule has 0 aliphatic heterocycles. The predicted octanol–water partition coefficient (Wildman–Crippen LogP) is 3.64. The molecule has 0 atom stereocenters. The van der Waals surface area contributed by atoms with E-state index in [4.69, 9.17) is 9.47 Å². The van der Waals surface area contributed by atoms with Gasteiger partial charge in [-0.05, 0) is 43.5 Å². The van der Waals surface area contributed by atoms with Gasteiger partial charge < -0.3 is 9.47 Å². The Kier molecular flexibility index (Phi) is 5.21. The monoisotopic (exact) mass is 319 g/mol. The summed E-state index contributed by atoms with van der Waals surface area (Å²) in [6, 6.07) is 7.76. The Morgan fingerprint density at radius 2 is 1.82 bits per heavy atom. The normalized spacial score (nSPS) is 14.0. The summed E-state index contributed by atoms with van der Waals surface area (Å²) >= 11 is 1.62. The molecule has 1 saturated carbocycles. The van der Waals surface area contributed by atoms with Crippen LogP contribution in [0.4, 0.5) is 0 Å². The van der Waals surface area contributed by atoms with Gasteiger partial charge in [-0.15, -0.1) is 5.10 Å². The van der Waals surface area contributed by atoms with Gasteiger partial charge in [-0.3, -0.25) is 5.10 Å². The first-order valence-corrected chi connectivity index (χ1v) is 8.74. The smallest absolute Gasteiger partial charge is 0.208 e. The van der Waals surface area contributed by atoms with Crippen molar-refractivity contribution in [1.82, 2.24) is 15.2 Å². The van der Waals surface area contributed by atoms with Gasteiger partial charge in [-0.2, -0.15) is 0 Å². The van der Waals surface area contributed by atoms with E-state index in [9.17, 15) is 0 Å². The molecule has 0 spiro atoms. The summed E-state index contributed by atoms with van der Waals surface area (Å²) in [4.78, 5) is 4.48. The first kappa shape index (κ1) is 15.2.